The molecule has 0 aliphatic rings. The first-order valence-electron chi connectivity index (χ1n) is 12.8. The largest absolute Gasteiger partial charge is 0.449 e. The number of hydrogen-bond acceptors (Lipinski definition) is 19. The highest BCUT2D eigenvalue weighted by Crippen LogP contribution is 2.11. The van der Waals surface area contributed by atoms with Crippen molar-refractivity contribution in [2.24, 2.45) is 9.98 Å². The van der Waals surface area contributed by atoms with Crippen molar-refractivity contribution in [3.8, 4) is 0 Å². The number of carbonyl (C=O) groups is 2. The van der Waals surface area contributed by atoms with Crippen molar-refractivity contribution < 1.29 is 48.8 Å². The second kappa shape index (κ2) is 38.0. The molecule has 0 spiro atoms. The van der Waals surface area contributed by atoms with E-state index in [9.17, 15) is 9.59 Å². The maximum Gasteiger partial charge on any atom is 0.407 e. The van der Waals surface area contributed by atoms with E-state index >= 15 is 0 Å². The van der Waals surface area contributed by atoms with E-state index in [4.69, 9.17) is 39.2 Å². The van der Waals surface area contributed by atoms with Gasteiger partial charge in [0.2, 0.25) is 12.8 Å². The van der Waals surface area contributed by atoms with Gasteiger partial charge in [0, 0.05) is 57.8 Å². The quantitative estimate of drug-likeness (QED) is 0.0197. The first-order valence-corrected chi connectivity index (χ1v) is 20.9. The maximum atomic E-state index is 11.7. The summed E-state index contributed by atoms with van der Waals surface area (Å²) >= 11 is 10.5. The summed E-state index contributed by atoms with van der Waals surface area (Å²) in [7, 11) is 0. The summed E-state index contributed by atoms with van der Waals surface area (Å²) in [6.07, 6.45) is 1.64. The number of nitrogens with zero attached hydrogens (tertiary/aromatic N) is 2. The number of amides is 2. The fourth-order valence-corrected chi connectivity index (χ4v) is 6.43. The Bertz CT molecular complexity index is 694. The van der Waals surface area contributed by atoms with Crippen LogP contribution in [0.3, 0.4) is 0 Å². The molecule has 0 radical (unpaired) electrons. The number of alkyl carbamates (subject to hydrolysis) is 2. The van der Waals surface area contributed by atoms with Gasteiger partial charge in [0.1, 0.15) is 25.1 Å². The van der Waals surface area contributed by atoms with E-state index in [2.05, 4.69) is 20.6 Å². The van der Waals surface area contributed by atoms with Crippen LogP contribution in [0.5, 0.6) is 0 Å². The summed E-state index contributed by atoms with van der Waals surface area (Å²) in [4.78, 5) is 50.8. The molecule has 14 nitrogen and oxygen atoms in total. The van der Waals surface area contributed by atoms with Gasteiger partial charge >= 0.3 is 12.2 Å². The number of aliphatic hydroxyl groups is 2. The second-order valence-corrected chi connectivity index (χ2v) is 15.1. The third-order valence-corrected chi connectivity index (χ3v) is 10.2. The maximum absolute atomic E-state index is 11.7. The zero-order chi connectivity index (χ0) is 31.3. The normalized spacial score (nSPS) is 11.2. The molecule has 0 heterocycles. The topological polar surface area (TPSA) is 179 Å². The Morgan fingerprint density at radius 1 is 0.605 bits per heavy atom. The number of aliphatic hydroxyl groups excluding tert-OH is 2. The van der Waals surface area contributed by atoms with Crippen molar-refractivity contribution >= 4 is 107 Å². The molecule has 0 atom stereocenters. The van der Waals surface area contributed by atoms with Gasteiger partial charge in [0.05, 0.1) is 25.0 Å². The van der Waals surface area contributed by atoms with E-state index in [1.807, 2.05) is 0 Å². The Hall–Kier alpha value is -0.230. The second-order valence-electron chi connectivity index (χ2n) is 6.96. The molecule has 0 aromatic heterocycles. The fourth-order valence-electron chi connectivity index (χ4n) is 2.07. The Kier molecular flexibility index (Phi) is 37.8. The van der Waals surface area contributed by atoms with Crippen molar-refractivity contribution in [2.75, 3.05) is 108 Å². The van der Waals surface area contributed by atoms with Crippen molar-refractivity contribution in [1.29, 1.82) is 0 Å². The van der Waals surface area contributed by atoms with Crippen molar-refractivity contribution in [2.45, 2.75) is 0 Å². The molecule has 4 N–H and O–H groups in total. The van der Waals surface area contributed by atoms with E-state index in [1.54, 1.807) is 35.3 Å². The Labute approximate surface area is 283 Å². The van der Waals surface area contributed by atoms with Crippen molar-refractivity contribution in [3.05, 3.63) is 0 Å². The van der Waals surface area contributed by atoms with E-state index < -0.39 is 12.2 Å². The van der Waals surface area contributed by atoms with Gasteiger partial charge in [-0.25, -0.2) is 9.59 Å². The number of ether oxygens (including phenoxy) is 2. The van der Waals surface area contributed by atoms with Crippen molar-refractivity contribution in [3.63, 3.8) is 0 Å². The number of thioether (sulfide) groups is 7. The third kappa shape index (κ3) is 37.9. The lowest BCUT2D eigenvalue weighted by Gasteiger charge is -2.06. The highest BCUT2D eigenvalue weighted by Gasteiger charge is 2.02. The number of nitrogens with one attached hydrogen (secondary N) is 2. The monoisotopic (exact) mass is 746 g/mol. The molecule has 0 aromatic rings. The van der Waals surface area contributed by atoms with Gasteiger partial charge in [-0.15, -0.1) is 47.0 Å². The molecule has 43 heavy (non-hydrogen) atoms. The van der Waals surface area contributed by atoms with Gasteiger partial charge in [-0.3, -0.25) is 9.98 Å². The first kappa shape index (κ1) is 42.8. The summed E-state index contributed by atoms with van der Waals surface area (Å²) in [5, 5.41) is 24.0. The number of carbonyl (C=O) groups excluding carboxylic acids is 2. The van der Waals surface area contributed by atoms with Crippen LogP contribution in [0, 0.1) is 0 Å². The molecule has 0 fully saturated rings. The zero-order valence-electron chi connectivity index (χ0n) is 23.8. The lowest BCUT2D eigenvalue weighted by Crippen LogP contribution is -2.27. The molecule has 0 saturated carbocycles. The van der Waals surface area contributed by atoms with E-state index in [1.165, 1.54) is 59.8 Å². The average molecular weight is 747 g/mol. The molecule has 0 bridgehead atoms. The highest BCUT2D eigenvalue weighted by atomic mass is 32.2. The molecule has 0 aliphatic carbocycles. The number of hydrogen-bond donors (Lipinski definition) is 4. The standard InChI is InChI=1S/C22H42N4O10S7/c27-15-40-19-42-17-32-22(30)26-4-10-38-7-1-23-13-34-33-6-12-39-11-5-31-21(29)25-3-9-37-8-2-24-14-35-36-18-43-20-41-16-28/h13-14,27-28H,1-12,15-20H2,(H,25,29)(H,26,30)/b23-13-,24-14+. The highest BCUT2D eigenvalue weighted by molar-refractivity contribution is 8.16. The van der Waals surface area contributed by atoms with Gasteiger partial charge in [0.15, 0.2) is 0 Å². The molecular formula is C22H42N4O10S7. The minimum atomic E-state index is -0.446. The summed E-state index contributed by atoms with van der Waals surface area (Å²) in [5.41, 5.74) is 0. The molecule has 0 aliphatic heterocycles. The number of rotatable bonds is 32. The molecule has 21 heteroatoms. The molecule has 0 unspecified atom stereocenters. The SMILES string of the molecule is O=C(NCCSCC/N=C/OOCSCSCO)OCCSCCOO/C=N\CCSCCNC(=O)OCSCSCO. The average Bonchev–Trinajstić information content (AvgIpc) is 3.00. The van der Waals surface area contributed by atoms with Gasteiger partial charge in [-0.2, -0.15) is 45.1 Å². The number of aliphatic imine (C=N–C) groups is 2. The Morgan fingerprint density at radius 3 is 1.77 bits per heavy atom. The predicted molar refractivity (Wildman–Crippen MR) is 186 cm³/mol. The molecule has 252 valence electrons. The van der Waals surface area contributed by atoms with Crippen LogP contribution in [0.15, 0.2) is 9.98 Å². The molecule has 0 rings (SSSR count). The van der Waals surface area contributed by atoms with E-state index in [0.717, 1.165) is 28.1 Å². The summed E-state index contributed by atoms with van der Waals surface area (Å²) in [5.74, 6) is 5.17. The van der Waals surface area contributed by atoms with Crippen LogP contribution in [0.25, 0.3) is 0 Å². The Balaban J connectivity index is 3.29. The van der Waals surface area contributed by atoms with E-state index in [0.29, 0.717) is 61.9 Å². The van der Waals surface area contributed by atoms with Crippen molar-refractivity contribution in [1.82, 2.24) is 10.6 Å². The third-order valence-electron chi connectivity index (χ3n) is 3.82. The molecule has 2 amide bonds. The molecule has 0 aromatic carbocycles. The van der Waals surface area contributed by atoms with Crippen LogP contribution < -0.4 is 10.6 Å². The Morgan fingerprint density at radius 2 is 1.14 bits per heavy atom. The van der Waals surface area contributed by atoms with Gasteiger partial charge in [-0.05, 0) is 0 Å². The van der Waals surface area contributed by atoms with Gasteiger partial charge < -0.3 is 40.1 Å². The first-order chi connectivity index (χ1) is 21.2. The smallest absolute Gasteiger partial charge is 0.407 e. The van der Waals surface area contributed by atoms with Crippen LogP contribution >= 0.6 is 82.3 Å². The molecular weight excluding hydrogens is 705 g/mol. The minimum Gasteiger partial charge on any atom is -0.449 e. The molecule has 0 saturated heterocycles. The summed E-state index contributed by atoms with van der Waals surface area (Å²) in [6.45, 7) is 2.85. The summed E-state index contributed by atoms with van der Waals surface area (Å²) < 4.78 is 10.1. The summed E-state index contributed by atoms with van der Waals surface area (Å²) in [6, 6.07) is 0. The van der Waals surface area contributed by atoms with Crippen LogP contribution in [-0.2, 0) is 29.0 Å². The predicted octanol–water partition coefficient (Wildman–Crippen LogP) is 3.25. The fraction of sp³-hybridized carbons (Fsp3) is 0.818. The van der Waals surface area contributed by atoms with Gasteiger partial charge in [0.25, 0.3) is 0 Å². The van der Waals surface area contributed by atoms with E-state index in [-0.39, 0.29) is 17.8 Å². The minimum absolute atomic E-state index is 0.0583. The van der Waals surface area contributed by atoms with Gasteiger partial charge in [-0.1, -0.05) is 0 Å². The lowest BCUT2D eigenvalue weighted by atomic mass is 10.7. The van der Waals surface area contributed by atoms with Crippen LogP contribution in [0.2, 0.25) is 0 Å². The zero-order valence-corrected chi connectivity index (χ0v) is 29.5. The van der Waals surface area contributed by atoms with Crippen LogP contribution in [0.4, 0.5) is 9.59 Å². The van der Waals surface area contributed by atoms with Crippen LogP contribution in [0.1, 0.15) is 0 Å². The lowest BCUT2D eigenvalue weighted by molar-refractivity contribution is -0.210. The van der Waals surface area contributed by atoms with Crippen LogP contribution in [-0.4, -0.2) is 143 Å².